The Bertz CT molecular complexity index is 777. The predicted molar refractivity (Wildman–Crippen MR) is 115 cm³/mol. The summed E-state index contributed by atoms with van der Waals surface area (Å²) in [6.45, 7) is 5.60. The smallest absolute Gasteiger partial charge is 0.305 e. The number of aromatic nitrogens is 1. The molecule has 152 valence electrons. The third kappa shape index (κ3) is 4.66. The molecule has 1 aromatic carbocycles. The fourth-order valence-corrected chi connectivity index (χ4v) is 5.49. The summed E-state index contributed by atoms with van der Waals surface area (Å²) in [6.07, 6.45) is 6.81. The lowest BCUT2D eigenvalue weighted by atomic mass is 9.79. The van der Waals surface area contributed by atoms with Crippen molar-refractivity contribution in [2.45, 2.75) is 38.5 Å². The Balaban J connectivity index is 1.19. The molecule has 1 aliphatic carbocycles. The van der Waals surface area contributed by atoms with Crippen molar-refractivity contribution in [3.05, 3.63) is 24.3 Å². The lowest BCUT2D eigenvalue weighted by Gasteiger charge is -2.36. The van der Waals surface area contributed by atoms with Gasteiger partial charge in [-0.3, -0.25) is 9.69 Å². The fourth-order valence-electron chi connectivity index (χ4n) is 4.69. The molecule has 6 heteroatoms. The van der Waals surface area contributed by atoms with Crippen molar-refractivity contribution in [2.24, 2.45) is 11.8 Å². The van der Waals surface area contributed by atoms with E-state index in [-0.39, 0.29) is 5.97 Å². The minimum absolute atomic E-state index is 0.0470. The third-order valence-corrected chi connectivity index (χ3v) is 7.35. The number of methoxy groups -OCH3 is 1. The van der Waals surface area contributed by atoms with Crippen molar-refractivity contribution in [2.75, 3.05) is 44.7 Å². The maximum Gasteiger partial charge on any atom is 0.305 e. The van der Waals surface area contributed by atoms with Gasteiger partial charge in [0.25, 0.3) is 0 Å². The van der Waals surface area contributed by atoms with Gasteiger partial charge in [-0.05, 0) is 61.3 Å². The second kappa shape index (κ2) is 9.23. The Hall–Kier alpha value is -1.66. The average molecular weight is 402 g/mol. The zero-order valence-corrected chi connectivity index (χ0v) is 17.6. The van der Waals surface area contributed by atoms with E-state index < -0.39 is 0 Å². The minimum atomic E-state index is -0.0470. The van der Waals surface area contributed by atoms with Crippen molar-refractivity contribution in [1.29, 1.82) is 0 Å². The second-order valence-electron chi connectivity index (χ2n) is 8.29. The highest BCUT2D eigenvalue weighted by molar-refractivity contribution is 7.13. The number of carbonyl (C=O) groups is 1. The van der Waals surface area contributed by atoms with Crippen LogP contribution >= 0.6 is 11.5 Å². The van der Waals surface area contributed by atoms with Gasteiger partial charge in [-0.2, -0.15) is 4.37 Å². The van der Waals surface area contributed by atoms with E-state index in [1.165, 1.54) is 61.7 Å². The van der Waals surface area contributed by atoms with Crippen molar-refractivity contribution in [3.63, 3.8) is 0 Å². The van der Waals surface area contributed by atoms with Gasteiger partial charge in [0.2, 0.25) is 0 Å². The van der Waals surface area contributed by atoms with E-state index >= 15 is 0 Å². The monoisotopic (exact) mass is 401 g/mol. The quantitative estimate of drug-likeness (QED) is 0.680. The van der Waals surface area contributed by atoms with Gasteiger partial charge in [0.15, 0.2) is 0 Å². The summed E-state index contributed by atoms with van der Waals surface area (Å²) >= 11 is 1.61. The zero-order chi connectivity index (χ0) is 19.3. The van der Waals surface area contributed by atoms with Gasteiger partial charge < -0.3 is 9.64 Å². The zero-order valence-electron chi connectivity index (χ0n) is 16.8. The molecule has 1 aliphatic heterocycles. The van der Waals surface area contributed by atoms with Gasteiger partial charge in [0.1, 0.15) is 5.82 Å². The van der Waals surface area contributed by atoms with Crippen LogP contribution in [0.4, 0.5) is 5.82 Å². The summed E-state index contributed by atoms with van der Waals surface area (Å²) < 4.78 is 10.8. The molecule has 0 bridgehead atoms. The number of anilines is 1. The lowest BCUT2D eigenvalue weighted by Crippen LogP contribution is -2.47. The first kappa shape index (κ1) is 19.6. The number of nitrogens with zero attached hydrogens (tertiary/aromatic N) is 3. The Morgan fingerprint density at radius 1 is 1.11 bits per heavy atom. The van der Waals surface area contributed by atoms with Crippen LogP contribution in [0, 0.1) is 11.8 Å². The molecule has 0 unspecified atom stereocenters. The largest absolute Gasteiger partial charge is 0.469 e. The number of ether oxygens (including phenoxy) is 1. The third-order valence-electron chi connectivity index (χ3n) is 6.53. The molecule has 0 N–H and O–H groups in total. The van der Waals surface area contributed by atoms with Crippen LogP contribution in [0.3, 0.4) is 0 Å². The van der Waals surface area contributed by atoms with Crippen LogP contribution in [0.15, 0.2) is 24.3 Å². The lowest BCUT2D eigenvalue weighted by molar-refractivity contribution is -0.142. The Morgan fingerprint density at radius 3 is 2.57 bits per heavy atom. The van der Waals surface area contributed by atoms with Crippen LogP contribution in [0.25, 0.3) is 10.1 Å². The number of piperazine rings is 1. The Labute approximate surface area is 171 Å². The molecule has 1 saturated heterocycles. The van der Waals surface area contributed by atoms with E-state index in [2.05, 4.69) is 34.1 Å². The molecule has 5 nitrogen and oxygen atoms in total. The summed E-state index contributed by atoms with van der Waals surface area (Å²) in [5.41, 5.74) is 0. The molecule has 2 aromatic rings. The molecule has 4 rings (SSSR count). The summed E-state index contributed by atoms with van der Waals surface area (Å²) in [5, 5.41) is 1.30. The van der Waals surface area contributed by atoms with Crippen LogP contribution in [-0.4, -0.2) is 55.1 Å². The number of benzene rings is 1. The SMILES string of the molecule is COC(=O)CC1CCC(CCN2CCN(c3nsc4ccccc34)CC2)CC1. The van der Waals surface area contributed by atoms with Crippen LogP contribution in [-0.2, 0) is 9.53 Å². The van der Waals surface area contributed by atoms with E-state index in [4.69, 9.17) is 9.11 Å². The molecule has 0 radical (unpaired) electrons. The number of fused-ring (bicyclic) bond motifs is 1. The van der Waals surface area contributed by atoms with Crippen molar-refractivity contribution in [1.82, 2.24) is 9.27 Å². The highest BCUT2D eigenvalue weighted by Crippen LogP contribution is 2.33. The van der Waals surface area contributed by atoms with E-state index in [9.17, 15) is 4.79 Å². The molecular weight excluding hydrogens is 370 g/mol. The molecule has 0 spiro atoms. The highest BCUT2D eigenvalue weighted by Gasteiger charge is 2.25. The Morgan fingerprint density at radius 2 is 1.82 bits per heavy atom. The van der Waals surface area contributed by atoms with Gasteiger partial charge in [-0.1, -0.05) is 25.0 Å². The summed E-state index contributed by atoms with van der Waals surface area (Å²) in [5.74, 6) is 2.49. The topological polar surface area (TPSA) is 45.7 Å². The standard InChI is InChI=1S/C22H31N3O2S/c1-27-21(26)16-18-8-6-17(7-9-18)10-11-24-12-14-25(15-13-24)22-19-4-2-3-5-20(19)28-23-22/h2-5,17-18H,6-16H2,1H3. The van der Waals surface area contributed by atoms with Crippen molar-refractivity contribution >= 4 is 33.4 Å². The molecule has 1 saturated carbocycles. The van der Waals surface area contributed by atoms with Crippen LogP contribution in [0.5, 0.6) is 0 Å². The number of esters is 1. The van der Waals surface area contributed by atoms with E-state index in [1.54, 1.807) is 11.5 Å². The van der Waals surface area contributed by atoms with E-state index in [0.29, 0.717) is 12.3 Å². The van der Waals surface area contributed by atoms with Crippen LogP contribution in [0.2, 0.25) is 0 Å². The molecule has 2 aliphatic rings. The highest BCUT2D eigenvalue weighted by atomic mass is 32.1. The van der Waals surface area contributed by atoms with Crippen molar-refractivity contribution in [3.8, 4) is 0 Å². The molecule has 2 heterocycles. The molecule has 28 heavy (non-hydrogen) atoms. The minimum Gasteiger partial charge on any atom is -0.469 e. The Kier molecular flexibility index (Phi) is 6.47. The van der Waals surface area contributed by atoms with Gasteiger partial charge >= 0.3 is 5.97 Å². The number of hydrogen-bond acceptors (Lipinski definition) is 6. The van der Waals surface area contributed by atoms with E-state index in [1.807, 2.05) is 0 Å². The first-order valence-electron chi connectivity index (χ1n) is 10.6. The molecule has 1 aromatic heterocycles. The van der Waals surface area contributed by atoms with Gasteiger partial charge in [0, 0.05) is 38.0 Å². The van der Waals surface area contributed by atoms with Crippen molar-refractivity contribution < 1.29 is 9.53 Å². The molecule has 2 fully saturated rings. The maximum absolute atomic E-state index is 11.4. The number of carbonyl (C=O) groups excluding carboxylic acids is 1. The van der Waals surface area contributed by atoms with Gasteiger partial charge in [-0.25, -0.2) is 0 Å². The number of hydrogen-bond donors (Lipinski definition) is 0. The molecule has 0 amide bonds. The summed E-state index contributed by atoms with van der Waals surface area (Å²) in [7, 11) is 1.49. The maximum atomic E-state index is 11.4. The van der Waals surface area contributed by atoms with Gasteiger partial charge in [0.05, 0.1) is 11.8 Å². The first-order valence-corrected chi connectivity index (χ1v) is 11.4. The average Bonchev–Trinajstić information content (AvgIpc) is 3.18. The summed E-state index contributed by atoms with van der Waals surface area (Å²) in [6, 6.07) is 8.55. The van der Waals surface area contributed by atoms with E-state index in [0.717, 1.165) is 32.1 Å². The first-order chi connectivity index (χ1) is 13.7. The predicted octanol–water partition coefficient (Wildman–Crippen LogP) is 4.18. The molecule has 0 atom stereocenters. The van der Waals surface area contributed by atoms with Crippen LogP contribution in [0.1, 0.15) is 38.5 Å². The normalized spacial score (nSPS) is 23.8. The van der Waals surface area contributed by atoms with Crippen LogP contribution < -0.4 is 4.90 Å². The fraction of sp³-hybridized carbons (Fsp3) is 0.636. The molecular formula is C22H31N3O2S. The second-order valence-corrected chi connectivity index (χ2v) is 9.09. The number of rotatable bonds is 6. The van der Waals surface area contributed by atoms with Gasteiger partial charge in [-0.15, -0.1) is 0 Å². The summed E-state index contributed by atoms with van der Waals surface area (Å²) in [4.78, 5) is 16.5.